The van der Waals surface area contributed by atoms with Crippen LogP contribution in [0.4, 0.5) is 0 Å². The second-order valence-corrected chi connectivity index (χ2v) is 6.35. The molecule has 1 aromatic rings. The van der Waals surface area contributed by atoms with E-state index in [0.29, 0.717) is 6.54 Å². The van der Waals surface area contributed by atoms with E-state index in [1.54, 1.807) is 11.3 Å². The second-order valence-electron chi connectivity index (χ2n) is 4.03. The Balaban J connectivity index is 2.95. The number of nitrogens with zero attached hydrogens (tertiary/aromatic N) is 1. The molecule has 0 saturated heterocycles. The van der Waals surface area contributed by atoms with Gasteiger partial charge >= 0.3 is 0 Å². The van der Waals surface area contributed by atoms with Gasteiger partial charge in [0.1, 0.15) is 0 Å². The molecule has 0 bridgehead atoms. The molecule has 0 aliphatic rings. The molecule has 0 saturated carbocycles. The van der Waals surface area contributed by atoms with Crippen molar-refractivity contribution >= 4 is 27.3 Å². The van der Waals surface area contributed by atoms with Crippen molar-refractivity contribution in [1.82, 2.24) is 4.98 Å². The summed E-state index contributed by atoms with van der Waals surface area (Å²) in [7, 11) is 0. The zero-order chi connectivity index (χ0) is 10.1. The minimum Gasteiger partial charge on any atom is -0.330 e. The highest BCUT2D eigenvalue weighted by Crippen LogP contribution is 2.32. The largest absolute Gasteiger partial charge is 0.330 e. The monoisotopic (exact) mass is 262 g/mol. The summed E-state index contributed by atoms with van der Waals surface area (Å²) in [4.78, 5) is 4.56. The summed E-state index contributed by atoms with van der Waals surface area (Å²) in [6.07, 6.45) is 0.854. The van der Waals surface area contributed by atoms with Crippen molar-refractivity contribution in [2.24, 2.45) is 5.73 Å². The molecule has 0 aliphatic carbocycles. The van der Waals surface area contributed by atoms with Gasteiger partial charge in [-0.05, 0) is 22.5 Å². The van der Waals surface area contributed by atoms with Crippen molar-refractivity contribution in [1.29, 1.82) is 0 Å². The van der Waals surface area contributed by atoms with Gasteiger partial charge in [-0.1, -0.05) is 20.8 Å². The van der Waals surface area contributed by atoms with Crippen molar-refractivity contribution in [2.45, 2.75) is 32.6 Å². The molecule has 0 atom stereocenters. The highest BCUT2D eigenvalue weighted by molar-refractivity contribution is 9.11. The van der Waals surface area contributed by atoms with Crippen LogP contribution < -0.4 is 5.73 Å². The SMILES string of the molecule is CC(C)(C)c1nc(CCN)c(Br)s1. The number of nitrogens with two attached hydrogens (primary N) is 1. The topological polar surface area (TPSA) is 38.9 Å². The van der Waals surface area contributed by atoms with Crippen molar-refractivity contribution in [2.75, 3.05) is 6.54 Å². The van der Waals surface area contributed by atoms with Gasteiger partial charge < -0.3 is 5.73 Å². The third kappa shape index (κ3) is 2.76. The fourth-order valence-corrected chi connectivity index (χ4v) is 2.59. The lowest BCUT2D eigenvalue weighted by atomic mass is 9.98. The van der Waals surface area contributed by atoms with E-state index >= 15 is 0 Å². The van der Waals surface area contributed by atoms with Crippen LogP contribution in [0.25, 0.3) is 0 Å². The molecule has 0 amide bonds. The molecule has 1 heterocycles. The Morgan fingerprint density at radius 1 is 1.46 bits per heavy atom. The fraction of sp³-hybridized carbons (Fsp3) is 0.667. The highest BCUT2D eigenvalue weighted by atomic mass is 79.9. The van der Waals surface area contributed by atoms with Crippen molar-refractivity contribution in [3.05, 3.63) is 14.5 Å². The summed E-state index contributed by atoms with van der Waals surface area (Å²) >= 11 is 5.22. The first-order chi connectivity index (χ1) is 5.95. The van der Waals surface area contributed by atoms with Crippen LogP contribution in [0.5, 0.6) is 0 Å². The van der Waals surface area contributed by atoms with E-state index < -0.39 is 0 Å². The number of hydrogen-bond donors (Lipinski definition) is 1. The van der Waals surface area contributed by atoms with Gasteiger partial charge in [0.05, 0.1) is 14.5 Å². The number of hydrogen-bond acceptors (Lipinski definition) is 3. The van der Waals surface area contributed by atoms with E-state index in [-0.39, 0.29) is 5.41 Å². The predicted molar refractivity (Wildman–Crippen MR) is 61.3 cm³/mol. The van der Waals surface area contributed by atoms with Gasteiger partial charge in [-0.3, -0.25) is 0 Å². The van der Waals surface area contributed by atoms with Gasteiger partial charge in [-0.25, -0.2) is 4.98 Å². The fourth-order valence-electron chi connectivity index (χ4n) is 0.945. The molecule has 2 nitrogen and oxygen atoms in total. The molecule has 0 unspecified atom stereocenters. The normalized spacial score (nSPS) is 12.1. The zero-order valence-corrected chi connectivity index (χ0v) is 10.6. The van der Waals surface area contributed by atoms with Gasteiger partial charge in [0, 0.05) is 11.8 Å². The summed E-state index contributed by atoms with van der Waals surface area (Å²) < 4.78 is 1.13. The predicted octanol–water partition coefficient (Wildman–Crippen LogP) is 2.70. The first-order valence-corrected chi connectivity index (χ1v) is 5.92. The van der Waals surface area contributed by atoms with Crippen LogP contribution in [-0.4, -0.2) is 11.5 Å². The molecular formula is C9H15BrN2S. The van der Waals surface area contributed by atoms with Crippen LogP contribution in [0.3, 0.4) is 0 Å². The number of aromatic nitrogens is 1. The average Bonchev–Trinajstić information content (AvgIpc) is 2.32. The lowest BCUT2D eigenvalue weighted by molar-refractivity contribution is 0.583. The summed E-state index contributed by atoms with van der Waals surface area (Å²) in [5.74, 6) is 0. The highest BCUT2D eigenvalue weighted by Gasteiger charge is 2.20. The average molecular weight is 263 g/mol. The molecule has 4 heteroatoms. The minimum atomic E-state index is 0.139. The molecule has 0 aliphatic heterocycles. The lowest BCUT2D eigenvalue weighted by Gasteiger charge is -2.13. The Morgan fingerprint density at radius 3 is 2.46 bits per heavy atom. The standard InChI is InChI=1S/C9H15BrN2S/c1-9(2,3)8-12-6(4-5-11)7(10)13-8/h4-5,11H2,1-3H3. The molecule has 2 N–H and O–H groups in total. The van der Waals surface area contributed by atoms with Gasteiger partial charge in [0.15, 0.2) is 0 Å². The summed E-state index contributed by atoms with van der Waals surface area (Å²) in [6, 6.07) is 0. The zero-order valence-electron chi connectivity index (χ0n) is 8.22. The molecule has 0 aromatic carbocycles. The van der Waals surface area contributed by atoms with Crippen LogP contribution in [0.1, 0.15) is 31.5 Å². The number of thiazole rings is 1. The summed E-state index contributed by atoms with van der Waals surface area (Å²) in [5.41, 5.74) is 6.73. The first-order valence-electron chi connectivity index (χ1n) is 4.31. The number of halogens is 1. The summed E-state index contributed by atoms with van der Waals surface area (Å²) in [5, 5.41) is 1.17. The quantitative estimate of drug-likeness (QED) is 0.891. The van der Waals surface area contributed by atoms with Gasteiger partial charge in [-0.2, -0.15) is 0 Å². The van der Waals surface area contributed by atoms with E-state index in [0.717, 1.165) is 15.9 Å². The van der Waals surface area contributed by atoms with Crippen molar-refractivity contribution in [3.8, 4) is 0 Å². The van der Waals surface area contributed by atoms with E-state index in [1.165, 1.54) is 5.01 Å². The van der Waals surface area contributed by atoms with Crippen LogP contribution in [-0.2, 0) is 11.8 Å². The smallest absolute Gasteiger partial charge is 0.0993 e. The van der Waals surface area contributed by atoms with Crippen molar-refractivity contribution in [3.63, 3.8) is 0 Å². The van der Waals surface area contributed by atoms with Gasteiger partial charge in [-0.15, -0.1) is 11.3 Å². The molecule has 1 rings (SSSR count). The Morgan fingerprint density at radius 2 is 2.08 bits per heavy atom. The second kappa shape index (κ2) is 4.07. The van der Waals surface area contributed by atoms with Crippen LogP contribution in [0.15, 0.2) is 3.79 Å². The molecule has 0 fully saturated rings. The van der Waals surface area contributed by atoms with E-state index in [9.17, 15) is 0 Å². The van der Waals surface area contributed by atoms with Gasteiger partial charge in [0.2, 0.25) is 0 Å². The summed E-state index contributed by atoms with van der Waals surface area (Å²) in [6.45, 7) is 7.17. The Bertz CT molecular complexity index is 288. The van der Waals surface area contributed by atoms with Crippen LogP contribution in [0, 0.1) is 0 Å². The Labute approximate surface area is 91.7 Å². The number of rotatable bonds is 2. The first kappa shape index (κ1) is 11.1. The van der Waals surface area contributed by atoms with E-state index in [1.807, 2.05) is 0 Å². The molecular weight excluding hydrogens is 248 g/mol. The maximum absolute atomic E-state index is 5.49. The maximum Gasteiger partial charge on any atom is 0.0993 e. The maximum atomic E-state index is 5.49. The third-order valence-corrected chi connectivity index (χ3v) is 3.93. The lowest BCUT2D eigenvalue weighted by Crippen LogP contribution is -2.11. The van der Waals surface area contributed by atoms with Crippen LogP contribution in [0.2, 0.25) is 0 Å². The van der Waals surface area contributed by atoms with Gasteiger partial charge in [0.25, 0.3) is 0 Å². The minimum absolute atomic E-state index is 0.139. The molecule has 13 heavy (non-hydrogen) atoms. The van der Waals surface area contributed by atoms with Crippen LogP contribution >= 0.6 is 27.3 Å². The van der Waals surface area contributed by atoms with Crippen molar-refractivity contribution < 1.29 is 0 Å². The molecule has 0 spiro atoms. The Hall–Kier alpha value is 0.0700. The molecule has 74 valence electrons. The van der Waals surface area contributed by atoms with E-state index in [2.05, 4.69) is 41.7 Å². The van der Waals surface area contributed by atoms with E-state index in [4.69, 9.17) is 5.73 Å². The Kier molecular flexibility index (Phi) is 3.49. The molecule has 0 radical (unpaired) electrons. The third-order valence-electron chi connectivity index (χ3n) is 1.67. The molecule has 1 aromatic heterocycles.